The fourth-order valence-corrected chi connectivity index (χ4v) is 3.34. The molecule has 0 radical (unpaired) electrons. The van der Waals surface area contributed by atoms with Crippen LogP contribution in [0, 0.1) is 0 Å². The summed E-state index contributed by atoms with van der Waals surface area (Å²) in [6.07, 6.45) is 8.97. The molecule has 0 aliphatic heterocycles. The number of carbonyl (C=O) groups is 2. The molecule has 0 saturated heterocycles. The van der Waals surface area contributed by atoms with Crippen molar-refractivity contribution >= 4 is 22.0 Å². The molecule has 1 unspecified atom stereocenters. The van der Waals surface area contributed by atoms with Crippen molar-refractivity contribution < 1.29 is 27.3 Å². The van der Waals surface area contributed by atoms with Gasteiger partial charge in [0.15, 0.2) is 0 Å². The topological polar surface area (TPSA) is 110 Å². The molecule has 29 heavy (non-hydrogen) atoms. The van der Waals surface area contributed by atoms with E-state index in [-0.39, 0.29) is 16.6 Å². The lowest BCUT2D eigenvalue weighted by Gasteiger charge is -2.17. The van der Waals surface area contributed by atoms with E-state index in [1.165, 1.54) is 31.4 Å². The molecular formula is C21H33NO6S. The third kappa shape index (κ3) is 10.4. The van der Waals surface area contributed by atoms with Gasteiger partial charge in [-0.1, -0.05) is 58.8 Å². The van der Waals surface area contributed by atoms with E-state index in [0.717, 1.165) is 44.2 Å². The van der Waals surface area contributed by atoms with E-state index in [2.05, 4.69) is 12.2 Å². The maximum absolute atomic E-state index is 12.5. The standard InChI is InChI=1S/C21H33NO6S/c1-3-5-7-8-9-10-12-20(23)22-19(11-6-4-2)21(24)28-17-13-15-18(16-14-17)29(25,26)27/h13-16,19H,3-12H2,1-2H3,(H,22,23)(H,25,26,27). The van der Waals surface area contributed by atoms with E-state index in [1.807, 2.05) is 6.92 Å². The number of nitrogens with one attached hydrogen (secondary N) is 1. The molecule has 0 fully saturated rings. The molecular weight excluding hydrogens is 394 g/mol. The van der Waals surface area contributed by atoms with E-state index >= 15 is 0 Å². The van der Waals surface area contributed by atoms with E-state index in [9.17, 15) is 18.0 Å². The smallest absolute Gasteiger partial charge is 0.334 e. The molecule has 0 heterocycles. The Hall–Kier alpha value is -1.93. The summed E-state index contributed by atoms with van der Waals surface area (Å²) in [6, 6.07) is 4.13. The predicted molar refractivity (Wildman–Crippen MR) is 111 cm³/mol. The average Bonchev–Trinajstić information content (AvgIpc) is 2.67. The summed E-state index contributed by atoms with van der Waals surface area (Å²) < 4.78 is 36.4. The Morgan fingerprint density at radius 2 is 1.55 bits per heavy atom. The normalized spacial score (nSPS) is 12.4. The van der Waals surface area contributed by atoms with Crippen LogP contribution in [0.4, 0.5) is 0 Å². The second kappa shape index (κ2) is 13.3. The summed E-state index contributed by atoms with van der Waals surface area (Å²) in [5.41, 5.74) is 0. The summed E-state index contributed by atoms with van der Waals surface area (Å²) in [6.45, 7) is 4.15. The Labute approximate surface area is 174 Å². The zero-order valence-electron chi connectivity index (χ0n) is 17.4. The van der Waals surface area contributed by atoms with Crippen molar-refractivity contribution in [3.05, 3.63) is 24.3 Å². The number of carbonyl (C=O) groups excluding carboxylic acids is 2. The first-order valence-corrected chi connectivity index (χ1v) is 11.8. The highest BCUT2D eigenvalue weighted by atomic mass is 32.2. The number of unbranched alkanes of at least 4 members (excludes halogenated alkanes) is 6. The van der Waals surface area contributed by atoms with Crippen LogP contribution >= 0.6 is 0 Å². The van der Waals surface area contributed by atoms with Gasteiger partial charge in [-0.3, -0.25) is 9.35 Å². The third-order valence-electron chi connectivity index (χ3n) is 4.56. The summed E-state index contributed by atoms with van der Waals surface area (Å²) >= 11 is 0. The number of amides is 1. The van der Waals surface area contributed by atoms with Crippen molar-refractivity contribution in [3.8, 4) is 5.75 Å². The second-order valence-corrected chi connectivity index (χ2v) is 8.57. The molecule has 1 rings (SSSR count). The van der Waals surface area contributed by atoms with Crippen LogP contribution in [0.2, 0.25) is 0 Å². The Morgan fingerprint density at radius 3 is 2.14 bits per heavy atom. The molecule has 1 aromatic carbocycles. The number of benzene rings is 1. The highest BCUT2D eigenvalue weighted by Gasteiger charge is 2.22. The Balaban J connectivity index is 2.57. The van der Waals surface area contributed by atoms with Gasteiger partial charge in [-0.05, 0) is 37.1 Å². The minimum absolute atomic E-state index is 0.147. The monoisotopic (exact) mass is 427 g/mol. The molecule has 1 amide bonds. The van der Waals surface area contributed by atoms with Crippen LogP contribution in [0.5, 0.6) is 5.75 Å². The lowest BCUT2D eigenvalue weighted by molar-refractivity contribution is -0.139. The molecule has 1 atom stereocenters. The molecule has 0 aliphatic carbocycles. The lowest BCUT2D eigenvalue weighted by Crippen LogP contribution is -2.43. The summed E-state index contributed by atoms with van der Waals surface area (Å²) in [7, 11) is -4.31. The molecule has 2 N–H and O–H groups in total. The van der Waals surface area contributed by atoms with E-state index in [4.69, 9.17) is 9.29 Å². The van der Waals surface area contributed by atoms with Crippen LogP contribution in [0.25, 0.3) is 0 Å². The molecule has 1 aromatic rings. The van der Waals surface area contributed by atoms with Gasteiger partial charge >= 0.3 is 5.97 Å². The fourth-order valence-electron chi connectivity index (χ4n) is 2.86. The van der Waals surface area contributed by atoms with Crippen molar-refractivity contribution in [2.24, 2.45) is 0 Å². The first-order chi connectivity index (χ1) is 13.8. The van der Waals surface area contributed by atoms with Gasteiger partial charge in [-0.2, -0.15) is 8.42 Å². The largest absolute Gasteiger partial charge is 0.425 e. The van der Waals surface area contributed by atoms with Gasteiger partial charge in [0.2, 0.25) is 5.91 Å². The average molecular weight is 428 g/mol. The predicted octanol–water partition coefficient (Wildman–Crippen LogP) is 4.26. The molecule has 0 saturated carbocycles. The van der Waals surface area contributed by atoms with Crippen molar-refractivity contribution in [2.45, 2.75) is 89.0 Å². The lowest BCUT2D eigenvalue weighted by atomic mass is 10.1. The minimum atomic E-state index is -4.31. The quantitative estimate of drug-likeness (QED) is 0.199. The van der Waals surface area contributed by atoms with Crippen LogP contribution in [0.15, 0.2) is 29.2 Å². The number of ether oxygens (including phenoxy) is 1. The van der Waals surface area contributed by atoms with Crippen molar-refractivity contribution in [1.29, 1.82) is 0 Å². The molecule has 0 aromatic heterocycles. The first kappa shape index (κ1) is 25.1. The van der Waals surface area contributed by atoms with Gasteiger partial charge in [0.25, 0.3) is 10.1 Å². The fraction of sp³-hybridized carbons (Fsp3) is 0.619. The highest BCUT2D eigenvalue weighted by molar-refractivity contribution is 7.85. The van der Waals surface area contributed by atoms with Gasteiger partial charge in [0, 0.05) is 6.42 Å². The Morgan fingerprint density at radius 1 is 0.966 bits per heavy atom. The van der Waals surface area contributed by atoms with Crippen LogP contribution in [0.3, 0.4) is 0 Å². The van der Waals surface area contributed by atoms with Crippen molar-refractivity contribution in [3.63, 3.8) is 0 Å². The van der Waals surface area contributed by atoms with E-state index in [0.29, 0.717) is 12.8 Å². The van der Waals surface area contributed by atoms with Crippen molar-refractivity contribution in [1.82, 2.24) is 5.32 Å². The molecule has 164 valence electrons. The third-order valence-corrected chi connectivity index (χ3v) is 5.43. The van der Waals surface area contributed by atoms with Gasteiger partial charge in [-0.25, -0.2) is 4.79 Å². The van der Waals surface area contributed by atoms with Crippen LogP contribution in [0.1, 0.15) is 78.1 Å². The van der Waals surface area contributed by atoms with Gasteiger partial charge < -0.3 is 10.1 Å². The molecule has 0 spiro atoms. The van der Waals surface area contributed by atoms with Crippen LogP contribution in [-0.4, -0.2) is 30.9 Å². The first-order valence-electron chi connectivity index (χ1n) is 10.4. The van der Waals surface area contributed by atoms with Crippen LogP contribution in [-0.2, 0) is 19.7 Å². The number of hydrogen-bond donors (Lipinski definition) is 2. The second-order valence-electron chi connectivity index (χ2n) is 7.15. The van der Waals surface area contributed by atoms with Crippen molar-refractivity contribution in [2.75, 3.05) is 0 Å². The number of rotatable bonds is 14. The molecule has 8 heteroatoms. The van der Waals surface area contributed by atoms with E-state index in [1.54, 1.807) is 0 Å². The Kier molecular flexibility index (Phi) is 11.5. The summed E-state index contributed by atoms with van der Waals surface area (Å²) in [5.74, 6) is -0.608. The van der Waals surface area contributed by atoms with E-state index < -0.39 is 22.1 Å². The summed E-state index contributed by atoms with van der Waals surface area (Å²) in [5, 5.41) is 2.76. The Bertz CT molecular complexity index is 730. The highest BCUT2D eigenvalue weighted by Crippen LogP contribution is 2.17. The van der Waals surface area contributed by atoms with Gasteiger partial charge in [0.1, 0.15) is 11.8 Å². The van der Waals surface area contributed by atoms with Gasteiger partial charge in [0.05, 0.1) is 4.90 Å². The van der Waals surface area contributed by atoms with Gasteiger partial charge in [-0.15, -0.1) is 0 Å². The molecule has 0 aliphatic rings. The zero-order valence-corrected chi connectivity index (χ0v) is 18.2. The maximum Gasteiger partial charge on any atom is 0.334 e. The molecule has 0 bridgehead atoms. The minimum Gasteiger partial charge on any atom is -0.425 e. The summed E-state index contributed by atoms with van der Waals surface area (Å²) in [4.78, 5) is 24.4. The maximum atomic E-state index is 12.5. The zero-order chi connectivity index (χ0) is 21.7. The number of esters is 1. The SMILES string of the molecule is CCCCCCCCC(=O)NC(CCCC)C(=O)Oc1ccc(S(=O)(=O)O)cc1. The molecule has 7 nitrogen and oxygen atoms in total. The number of hydrogen-bond acceptors (Lipinski definition) is 5. The van der Waals surface area contributed by atoms with Crippen LogP contribution < -0.4 is 10.1 Å².